The van der Waals surface area contributed by atoms with Gasteiger partial charge in [0.25, 0.3) is 0 Å². The Hall–Kier alpha value is -0.160. The average molecular weight is 204 g/mol. The number of hydrogen-bond acceptors (Lipinski definition) is 4. The third-order valence-corrected chi connectivity index (χ3v) is 2.10. The SMILES string of the molecule is COC(CC(CN)NCC(C)C)OC. The van der Waals surface area contributed by atoms with Crippen LogP contribution in [0.1, 0.15) is 20.3 Å². The predicted octanol–water partition coefficient (Wildman–Crippen LogP) is 0.568. The highest BCUT2D eigenvalue weighted by Crippen LogP contribution is 2.02. The topological polar surface area (TPSA) is 56.5 Å². The average Bonchev–Trinajstić information content (AvgIpc) is 2.18. The Balaban J connectivity index is 3.76. The summed E-state index contributed by atoms with van der Waals surface area (Å²) in [5.74, 6) is 0.632. The molecule has 0 aliphatic carbocycles. The van der Waals surface area contributed by atoms with E-state index in [0.29, 0.717) is 12.5 Å². The molecule has 0 amide bonds. The van der Waals surface area contributed by atoms with E-state index < -0.39 is 0 Å². The molecule has 4 nitrogen and oxygen atoms in total. The fourth-order valence-electron chi connectivity index (χ4n) is 1.19. The maximum atomic E-state index is 5.64. The van der Waals surface area contributed by atoms with E-state index in [1.807, 2.05) is 0 Å². The van der Waals surface area contributed by atoms with Gasteiger partial charge >= 0.3 is 0 Å². The van der Waals surface area contributed by atoms with Gasteiger partial charge in [0.1, 0.15) is 0 Å². The monoisotopic (exact) mass is 204 g/mol. The third kappa shape index (κ3) is 6.32. The molecule has 0 aromatic rings. The predicted molar refractivity (Wildman–Crippen MR) is 58.1 cm³/mol. The molecule has 0 radical (unpaired) electrons. The first-order valence-electron chi connectivity index (χ1n) is 5.13. The van der Waals surface area contributed by atoms with Gasteiger partial charge in [-0.25, -0.2) is 0 Å². The van der Waals surface area contributed by atoms with E-state index in [1.165, 1.54) is 0 Å². The summed E-state index contributed by atoms with van der Waals surface area (Å²) < 4.78 is 10.2. The summed E-state index contributed by atoms with van der Waals surface area (Å²) in [4.78, 5) is 0. The van der Waals surface area contributed by atoms with Crippen molar-refractivity contribution in [2.75, 3.05) is 27.3 Å². The lowest BCUT2D eigenvalue weighted by Gasteiger charge is -2.22. The molecule has 0 rings (SSSR count). The summed E-state index contributed by atoms with van der Waals surface area (Å²) in [5.41, 5.74) is 5.64. The smallest absolute Gasteiger partial charge is 0.158 e. The molecule has 4 heteroatoms. The van der Waals surface area contributed by atoms with Crippen molar-refractivity contribution in [3.8, 4) is 0 Å². The van der Waals surface area contributed by atoms with Gasteiger partial charge in [0.15, 0.2) is 6.29 Å². The van der Waals surface area contributed by atoms with Gasteiger partial charge in [-0.1, -0.05) is 13.8 Å². The second-order valence-corrected chi connectivity index (χ2v) is 3.87. The fraction of sp³-hybridized carbons (Fsp3) is 1.00. The first kappa shape index (κ1) is 13.8. The molecule has 0 heterocycles. The van der Waals surface area contributed by atoms with Gasteiger partial charge in [-0.3, -0.25) is 0 Å². The molecule has 0 aliphatic heterocycles. The van der Waals surface area contributed by atoms with E-state index >= 15 is 0 Å². The van der Waals surface area contributed by atoms with Crippen LogP contribution < -0.4 is 11.1 Å². The van der Waals surface area contributed by atoms with Crippen LogP contribution in [-0.4, -0.2) is 39.6 Å². The number of hydrogen-bond donors (Lipinski definition) is 2. The zero-order valence-electron chi connectivity index (χ0n) is 9.75. The van der Waals surface area contributed by atoms with Crippen molar-refractivity contribution in [2.24, 2.45) is 11.7 Å². The minimum Gasteiger partial charge on any atom is -0.356 e. The number of ether oxygens (including phenoxy) is 2. The molecule has 0 spiro atoms. The van der Waals surface area contributed by atoms with Gasteiger partial charge in [-0.2, -0.15) is 0 Å². The molecule has 0 saturated carbocycles. The first-order valence-corrected chi connectivity index (χ1v) is 5.13. The van der Waals surface area contributed by atoms with Crippen molar-refractivity contribution >= 4 is 0 Å². The molecule has 0 aliphatic rings. The van der Waals surface area contributed by atoms with Gasteiger partial charge in [0.2, 0.25) is 0 Å². The van der Waals surface area contributed by atoms with E-state index in [1.54, 1.807) is 14.2 Å². The van der Waals surface area contributed by atoms with E-state index in [9.17, 15) is 0 Å². The molecular weight excluding hydrogens is 180 g/mol. The normalized spacial score (nSPS) is 13.9. The minimum absolute atomic E-state index is 0.164. The Morgan fingerprint density at radius 1 is 1.21 bits per heavy atom. The van der Waals surface area contributed by atoms with Crippen molar-refractivity contribution in [3.63, 3.8) is 0 Å². The lowest BCUT2D eigenvalue weighted by atomic mass is 10.1. The van der Waals surface area contributed by atoms with Crippen LogP contribution in [0.5, 0.6) is 0 Å². The maximum Gasteiger partial charge on any atom is 0.158 e. The Kier molecular flexibility index (Phi) is 8.08. The lowest BCUT2D eigenvalue weighted by molar-refractivity contribution is -0.110. The number of rotatable bonds is 8. The molecule has 14 heavy (non-hydrogen) atoms. The second-order valence-electron chi connectivity index (χ2n) is 3.87. The van der Waals surface area contributed by atoms with Gasteiger partial charge in [0, 0.05) is 33.2 Å². The van der Waals surface area contributed by atoms with Crippen LogP contribution in [0, 0.1) is 5.92 Å². The van der Waals surface area contributed by atoms with Crippen LogP contribution in [0.15, 0.2) is 0 Å². The van der Waals surface area contributed by atoms with Crippen molar-refractivity contribution in [2.45, 2.75) is 32.6 Å². The van der Waals surface area contributed by atoms with E-state index in [2.05, 4.69) is 19.2 Å². The molecule has 0 bridgehead atoms. The molecule has 86 valence electrons. The van der Waals surface area contributed by atoms with Crippen LogP contribution in [0.4, 0.5) is 0 Å². The van der Waals surface area contributed by atoms with Crippen LogP contribution in [0.3, 0.4) is 0 Å². The van der Waals surface area contributed by atoms with Gasteiger partial charge in [-0.05, 0) is 12.5 Å². The van der Waals surface area contributed by atoms with Gasteiger partial charge in [0.05, 0.1) is 0 Å². The van der Waals surface area contributed by atoms with Crippen molar-refractivity contribution < 1.29 is 9.47 Å². The molecular formula is C10H24N2O2. The Morgan fingerprint density at radius 3 is 2.14 bits per heavy atom. The van der Waals surface area contributed by atoms with Gasteiger partial charge in [-0.15, -0.1) is 0 Å². The van der Waals surface area contributed by atoms with Crippen molar-refractivity contribution in [3.05, 3.63) is 0 Å². The number of methoxy groups -OCH3 is 2. The standard InChI is InChI=1S/C10H24N2O2/c1-8(2)7-12-9(6-11)5-10(13-3)14-4/h8-10,12H,5-7,11H2,1-4H3. The molecule has 0 fully saturated rings. The Morgan fingerprint density at radius 2 is 1.79 bits per heavy atom. The summed E-state index contributed by atoms with van der Waals surface area (Å²) in [6.45, 7) is 5.92. The summed E-state index contributed by atoms with van der Waals surface area (Å²) in [6.07, 6.45) is 0.624. The molecule has 1 unspecified atom stereocenters. The van der Waals surface area contributed by atoms with Gasteiger partial charge < -0.3 is 20.5 Å². The summed E-state index contributed by atoms with van der Waals surface area (Å²) in [6, 6.07) is 0.266. The van der Waals surface area contributed by atoms with Crippen molar-refractivity contribution in [1.29, 1.82) is 0 Å². The van der Waals surface area contributed by atoms with Crippen LogP contribution in [0.25, 0.3) is 0 Å². The lowest BCUT2D eigenvalue weighted by Crippen LogP contribution is -2.41. The number of nitrogens with one attached hydrogen (secondary N) is 1. The van der Waals surface area contributed by atoms with Crippen molar-refractivity contribution in [1.82, 2.24) is 5.32 Å². The fourth-order valence-corrected chi connectivity index (χ4v) is 1.19. The molecule has 0 aromatic heterocycles. The zero-order valence-corrected chi connectivity index (χ0v) is 9.75. The Labute approximate surface area is 87.1 Å². The zero-order chi connectivity index (χ0) is 11.0. The van der Waals surface area contributed by atoms with Crippen LogP contribution in [0.2, 0.25) is 0 Å². The third-order valence-electron chi connectivity index (χ3n) is 2.10. The largest absolute Gasteiger partial charge is 0.356 e. The summed E-state index contributed by atoms with van der Waals surface area (Å²) in [7, 11) is 3.29. The van der Waals surface area contributed by atoms with E-state index in [-0.39, 0.29) is 12.3 Å². The molecule has 3 N–H and O–H groups in total. The van der Waals surface area contributed by atoms with E-state index in [4.69, 9.17) is 15.2 Å². The quantitative estimate of drug-likeness (QED) is 0.568. The van der Waals surface area contributed by atoms with Crippen LogP contribution >= 0.6 is 0 Å². The molecule has 0 aromatic carbocycles. The molecule has 0 saturated heterocycles. The first-order chi connectivity index (χ1) is 6.63. The van der Waals surface area contributed by atoms with E-state index in [0.717, 1.165) is 13.0 Å². The summed E-state index contributed by atoms with van der Waals surface area (Å²) >= 11 is 0. The minimum atomic E-state index is -0.164. The highest BCUT2D eigenvalue weighted by molar-refractivity contribution is 4.69. The Bertz CT molecular complexity index is 127. The number of nitrogens with two attached hydrogens (primary N) is 1. The maximum absolute atomic E-state index is 5.64. The molecule has 1 atom stereocenters. The highest BCUT2D eigenvalue weighted by atomic mass is 16.7. The highest BCUT2D eigenvalue weighted by Gasteiger charge is 2.13. The second kappa shape index (κ2) is 8.17. The summed E-state index contributed by atoms with van der Waals surface area (Å²) in [5, 5.41) is 3.38. The van der Waals surface area contributed by atoms with Crippen LogP contribution in [-0.2, 0) is 9.47 Å².